The van der Waals surface area contributed by atoms with Crippen LogP contribution in [0.4, 0.5) is 8.78 Å². The quantitative estimate of drug-likeness (QED) is 0.662. The van der Waals surface area contributed by atoms with Crippen LogP contribution in [-0.4, -0.2) is 39.0 Å². The third-order valence-electron chi connectivity index (χ3n) is 4.84. The van der Waals surface area contributed by atoms with Gasteiger partial charge in [0.1, 0.15) is 0 Å². The van der Waals surface area contributed by atoms with E-state index in [1.807, 2.05) is 0 Å². The van der Waals surface area contributed by atoms with Crippen molar-refractivity contribution in [1.82, 2.24) is 0 Å². The van der Waals surface area contributed by atoms with Gasteiger partial charge >= 0.3 is 0 Å². The van der Waals surface area contributed by atoms with Crippen molar-refractivity contribution in [2.24, 2.45) is 11.8 Å². The number of halogens is 2. The van der Waals surface area contributed by atoms with Crippen LogP contribution < -0.4 is 0 Å². The third-order valence-corrected chi connectivity index (χ3v) is 4.84. The average Bonchev–Trinajstić information content (AvgIpc) is 2.70. The van der Waals surface area contributed by atoms with Crippen molar-refractivity contribution in [3.05, 3.63) is 47.5 Å². The molecule has 0 spiro atoms. The molecule has 0 N–H and O–H groups in total. The Morgan fingerprint density at radius 3 is 2.41 bits per heavy atom. The van der Waals surface area contributed by atoms with Crippen LogP contribution in [0.3, 0.4) is 0 Å². The average molecular weight is 382 g/mol. The van der Waals surface area contributed by atoms with Crippen LogP contribution in [0, 0.1) is 23.5 Å². The lowest BCUT2D eigenvalue weighted by Gasteiger charge is -2.37. The molecule has 2 saturated heterocycles. The molecule has 0 aromatic heterocycles. The Bertz CT molecular complexity index is 606. The number of hydrogen-bond donors (Lipinski definition) is 0. The van der Waals surface area contributed by atoms with Gasteiger partial charge < -0.3 is 18.9 Å². The highest BCUT2D eigenvalue weighted by Gasteiger charge is 2.33. The summed E-state index contributed by atoms with van der Waals surface area (Å²) in [6.45, 7) is 4.47. The van der Waals surface area contributed by atoms with Crippen LogP contribution in [0.15, 0.2) is 30.4 Å². The molecule has 2 aliphatic heterocycles. The zero-order chi connectivity index (χ0) is 19.1. The Labute approximate surface area is 159 Å². The molecule has 2 fully saturated rings. The SMILES string of the molecule is CCCC=CC1COC(C2COC(CCc3ccc(F)c(F)c3)OC2)OC1. The van der Waals surface area contributed by atoms with E-state index in [1.165, 1.54) is 6.07 Å². The first-order chi connectivity index (χ1) is 13.2. The van der Waals surface area contributed by atoms with E-state index < -0.39 is 11.6 Å². The number of allylic oxidation sites excluding steroid dienone is 1. The number of unbranched alkanes of at least 4 members (excludes halogenated alkanes) is 1. The maximum atomic E-state index is 13.2. The molecule has 0 bridgehead atoms. The standard InChI is InChI=1S/C21H28F2O4/c1-2-3-4-5-16-11-26-21(27-12-16)17-13-24-20(25-14-17)9-7-15-6-8-18(22)19(23)10-15/h4-6,8,10,16-17,20-21H,2-3,7,9,11-14H2,1H3. The molecule has 1 aromatic rings. The van der Waals surface area contributed by atoms with Crippen LogP contribution >= 0.6 is 0 Å². The van der Waals surface area contributed by atoms with Gasteiger partial charge in [0.2, 0.25) is 0 Å². The predicted molar refractivity (Wildman–Crippen MR) is 97.1 cm³/mol. The number of aryl methyl sites for hydroxylation is 1. The van der Waals surface area contributed by atoms with Crippen LogP contribution in [0.2, 0.25) is 0 Å². The van der Waals surface area contributed by atoms with Crippen molar-refractivity contribution >= 4 is 0 Å². The highest BCUT2D eigenvalue weighted by atomic mass is 19.2. The van der Waals surface area contributed by atoms with Crippen LogP contribution in [0.1, 0.15) is 31.7 Å². The third kappa shape index (κ3) is 6.07. The van der Waals surface area contributed by atoms with Crippen molar-refractivity contribution in [3.8, 4) is 0 Å². The Hall–Kier alpha value is -1.34. The van der Waals surface area contributed by atoms with Crippen LogP contribution in [-0.2, 0) is 25.4 Å². The molecule has 0 atom stereocenters. The Morgan fingerprint density at radius 2 is 1.74 bits per heavy atom. The van der Waals surface area contributed by atoms with Gasteiger partial charge in [0.15, 0.2) is 24.2 Å². The molecule has 2 heterocycles. The van der Waals surface area contributed by atoms with Gasteiger partial charge in [-0.15, -0.1) is 0 Å². The molecule has 0 aliphatic carbocycles. The molecule has 0 unspecified atom stereocenters. The summed E-state index contributed by atoms with van der Waals surface area (Å²) < 4.78 is 49.4. The lowest BCUT2D eigenvalue weighted by atomic mass is 10.1. The second-order valence-electron chi connectivity index (χ2n) is 7.16. The number of ether oxygens (including phenoxy) is 4. The fourth-order valence-corrected chi connectivity index (χ4v) is 3.23. The van der Waals surface area contributed by atoms with E-state index in [1.54, 1.807) is 6.07 Å². The summed E-state index contributed by atoms with van der Waals surface area (Å²) in [6.07, 6.45) is 7.08. The van der Waals surface area contributed by atoms with Gasteiger partial charge in [0, 0.05) is 12.3 Å². The fraction of sp³-hybridized carbons (Fsp3) is 0.619. The first-order valence-electron chi connectivity index (χ1n) is 9.72. The van der Waals surface area contributed by atoms with Gasteiger partial charge in [-0.05, 0) is 30.5 Å². The smallest absolute Gasteiger partial charge is 0.164 e. The van der Waals surface area contributed by atoms with Gasteiger partial charge in [-0.3, -0.25) is 0 Å². The highest BCUT2D eigenvalue weighted by Crippen LogP contribution is 2.24. The molecule has 0 saturated carbocycles. The van der Waals surface area contributed by atoms with Gasteiger partial charge in [-0.2, -0.15) is 0 Å². The molecule has 0 amide bonds. The maximum Gasteiger partial charge on any atom is 0.164 e. The maximum absolute atomic E-state index is 13.2. The normalized spacial score (nSPS) is 29.3. The first kappa shape index (κ1) is 20.4. The largest absolute Gasteiger partial charge is 0.352 e. The predicted octanol–water partition coefficient (Wildman–Crippen LogP) is 4.23. The van der Waals surface area contributed by atoms with Crippen molar-refractivity contribution in [2.45, 2.75) is 45.2 Å². The summed E-state index contributed by atoms with van der Waals surface area (Å²) in [5.74, 6) is -1.30. The van der Waals surface area contributed by atoms with Crippen LogP contribution in [0.25, 0.3) is 0 Å². The fourth-order valence-electron chi connectivity index (χ4n) is 3.23. The van der Waals surface area contributed by atoms with E-state index in [-0.39, 0.29) is 18.5 Å². The van der Waals surface area contributed by atoms with Crippen LogP contribution in [0.5, 0.6) is 0 Å². The topological polar surface area (TPSA) is 36.9 Å². The summed E-state index contributed by atoms with van der Waals surface area (Å²) in [7, 11) is 0. The van der Waals surface area contributed by atoms with Gasteiger partial charge in [-0.25, -0.2) is 8.78 Å². The van der Waals surface area contributed by atoms with E-state index in [0.717, 1.165) is 24.5 Å². The Kier molecular flexibility index (Phi) is 7.76. The summed E-state index contributed by atoms with van der Waals surface area (Å²) in [6, 6.07) is 3.95. The summed E-state index contributed by atoms with van der Waals surface area (Å²) >= 11 is 0. The lowest BCUT2D eigenvalue weighted by molar-refractivity contribution is -0.278. The minimum absolute atomic E-state index is 0.0464. The first-order valence-corrected chi connectivity index (χ1v) is 9.72. The number of rotatable bonds is 7. The molecule has 150 valence electrons. The Balaban J connectivity index is 1.36. The summed E-state index contributed by atoms with van der Waals surface area (Å²) in [5, 5.41) is 0. The number of benzene rings is 1. The monoisotopic (exact) mass is 382 g/mol. The second kappa shape index (κ2) is 10.3. The van der Waals surface area contributed by atoms with E-state index in [0.29, 0.717) is 45.2 Å². The van der Waals surface area contributed by atoms with E-state index in [2.05, 4.69) is 19.1 Å². The lowest BCUT2D eigenvalue weighted by Crippen LogP contribution is -2.44. The van der Waals surface area contributed by atoms with Gasteiger partial charge in [-0.1, -0.05) is 31.6 Å². The zero-order valence-electron chi connectivity index (χ0n) is 15.7. The van der Waals surface area contributed by atoms with Gasteiger partial charge in [0.25, 0.3) is 0 Å². The van der Waals surface area contributed by atoms with E-state index in [4.69, 9.17) is 18.9 Å². The van der Waals surface area contributed by atoms with Crippen molar-refractivity contribution in [2.75, 3.05) is 26.4 Å². The molecule has 6 heteroatoms. The minimum atomic E-state index is -0.831. The minimum Gasteiger partial charge on any atom is -0.352 e. The molecular weight excluding hydrogens is 354 g/mol. The molecule has 2 aliphatic rings. The molecule has 0 radical (unpaired) electrons. The zero-order valence-corrected chi connectivity index (χ0v) is 15.7. The summed E-state index contributed by atoms with van der Waals surface area (Å²) in [5.41, 5.74) is 0.726. The molecule has 4 nitrogen and oxygen atoms in total. The van der Waals surface area contributed by atoms with Crippen molar-refractivity contribution in [3.63, 3.8) is 0 Å². The number of hydrogen-bond acceptors (Lipinski definition) is 4. The highest BCUT2D eigenvalue weighted by molar-refractivity contribution is 5.17. The second-order valence-corrected chi connectivity index (χ2v) is 7.16. The molecular formula is C21H28F2O4. The van der Waals surface area contributed by atoms with Crippen molar-refractivity contribution < 1.29 is 27.7 Å². The molecule has 27 heavy (non-hydrogen) atoms. The Morgan fingerprint density at radius 1 is 1.00 bits per heavy atom. The molecule has 3 rings (SSSR count). The van der Waals surface area contributed by atoms with E-state index in [9.17, 15) is 8.78 Å². The molecule has 1 aromatic carbocycles. The van der Waals surface area contributed by atoms with E-state index >= 15 is 0 Å². The van der Waals surface area contributed by atoms with Crippen molar-refractivity contribution in [1.29, 1.82) is 0 Å². The van der Waals surface area contributed by atoms with Gasteiger partial charge in [0.05, 0.1) is 32.3 Å². The summed E-state index contributed by atoms with van der Waals surface area (Å²) in [4.78, 5) is 0.